The molecule has 2 heterocycles. The van der Waals surface area contributed by atoms with Gasteiger partial charge in [-0.15, -0.1) is 10.2 Å². The summed E-state index contributed by atoms with van der Waals surface area (Å²) in [6.07, 6.45) is 3.18. The van der Waals surface area contributed by atoms with Crippen molar-refractivity contribution in [3.63, 3.8) is 0 Å². The quantitative estimate of drug-likeness (QED) is 0.627. The van der Waals surface area contributed by atoms with Crippen LogP contribution in [0.25, 0.3) is 0 Å². The first-order valence-corrected chi connectivity index (χ1v) is 5.39. The molecule has 3 rings (SSSR count). The largest absolute Gasteiger partial charge is 0.228 e. The van der Waals surface area contributed by atoms with Crippen molar-refractivity contribution in [2.45, 2.75) is 13.1 Å². The minimum atomic E-state index is 0.665. The average molecular weight is 242 g/mol. The summed E-state index contributed by atoms with van der Waals surface area (Å²) in [5.74, 6) is 0. The molecule has 0 aliphatic heterocycles. The zero-order valence-electron chi connectivity index (χ0n) is 9.46. The van der Waals surface area contributed by atoms with Crippen molar-refractivity contribution >= 4 is 0 Å². The van der Waals surface area contributed by atoms with Crippen molar-refractivity contribution in [2.75, 3.05) is 0 Å². The van der Waals surface area contributed by atoms with Crippen LogP contribution in [0.2, 0.25) is 0 Å². The molecule has 0 aliphatic rings. The van der Waals surface area contributed by atoms with E-state index in [1.807, 2.05) is 24.3 Å². The monoisotopic (exact) mass is 242 g/mol. The molecule has 0 saturated heterocycles. The molecular formula is C10H10N8. The van der Waals surface area contributed by atoms with Crippen LogP contribution in [-0.4, -0.2) is 40.4 Å². The Morgan fingerprint density at radius 2 is 1.17 bits per heavy atom. The molecular weight excluding hydrogens is 232 g/mol. The lowest BCUT2D eigenvalue weighted by atomic mass is 10.1. The molecule has 8 nitrogen and oxygen atoms in total. The van der Waals surface area contributed by atoms with Crippen molar-refractivity contribution in [2.24, 2.45) is 0 Å². The summed E-state index contributed by atoms with van der Waals surface area (Å²) in [6.45, 7) is 1.33. The van der Waals surface area contributed by atoms with E-state index < -0.39 is 0 Å². The number of benzene rings is 1. The topological polar surface area (TPSA) is 87.2 Å². The zero-order valence-corrected chi connectivity index (χ0v) is 9.46. The van der Waals surface area contributed by atoms with E-state index in [9.17, 15) is 0 Å². The van der Waals surface area contributed by atoms with E-state index in [1.54, 1.807) is 22.0 Å². The predicted molar refractivity (Wildman–Crippen MR) is 60.3 cm³/mol. The van der Waals surface area contributed by atoms with Crippen LogP contribution < -0.4 is 0 Å². The first-order chi connectivity index (χ1) is 8.90. The van der Waals surface area contributed by atoms with E-state index in [1.165, 1.54) is 0 Å². The van der Waals surface area contributed by atoms with Gasteiger partial charge in [-0.05, 0) is 32.0 Å². The maximum atomic E-state index is 3.82. The van der Waals surface area contributed by atoms with Crippen LogP contribution >= 0.6 is 0 Å². The van der Waals surface area contributed by atoms with Crippen molar-refractivity contribution in [3.05, 3.63) is 48.0 Å². The van der Waals surface area contributed by atoms with E-state index >= 15 is 0 Å². The molecule has 0 N–H and O–H groups in total. The SMILES string of the molecule is c1cc(Cn2cnnn2)ccc1Cn1cnnn1. The third-order valence-electron chi connectivity index (χ3n) is 2.50. The first kappa shape index (κ1) is 10.5. The van der Waals surface area contributed by atoms with E-state index in [4.69, 9.17) is 0 Å². The number of hydrogen-bond acceptors (Lipinski definition) is 6. The number of rotatable bonds is 4. The summed E-state index contributed by atoms with van der Waals surface area (Å²) in [5.41, 5.74) is 2.28. The van der Waals surface area contributed by atoms with Crippen LogP contribution in [0.15, 0.2) is 36.9 Å². The summed E-state index contributed by atoms with van der Waals surface area (Å²) in [5, 5.41) is 22.0. The lowest BCUT2D eigenvalue weighted by molar-refractivity contribution is 0.642. The number of aromatic nitrogens is 8. The highest BCUT2D eigenvalue weighted by molar-refractivity contribution is 5.22. The third kappa shape index (κ3) is 2.37. The van der Waals surface area contributed by atoms with Gasteiger partial charge in [0.2, 0.25) is 0 Å². The second-order valence-electron chi connectivity index (χ2n) is 3.83. The zero-order chi connectivity index (χ0) is 12.2. The molecule has 0 unspecified atom stereocenters. The molecule has 0 fully saturated rings. The lowest BCUT2D eigenvalue weighted by Crippen LogP contribution is -2.02. The second kappa shape index (κ2) is 4.70. The Morgan fingerprint density at radius 3 is 1.50 bits per heavy atom. The molecule has 8 heteroatoms. The van der Waals surface area contributed by atoms with Gasteiger partial charge >= 0.3 is 0 Å². The Kier molecular flexibility index (Phi) is 2.74. The molecule has 0 amide bonds. The summed E-state index contributed by atoms with van der Waals surface area (Å²) in [6, 6.07) is 8.17. The van der Waals surface area contributed by atoms with Crippen molar-refractivity contribution in [1.29, 1.82) is 0 Å². The van der Waals surface area contributed by atoms with Crippen LogP contribution in [0.4, 0.5) is 0 Å². The lowest BCUT2D eigenvalue weighted by Gasteiger charge is -2.03. The second-order valence-corrected chi connectivity index (χ2v) is 3.83. The first-order valence-electron chi connectivity index (χ1n) is 5.39. The Bertz CT molecular complexity index is 528. The van der Waals surface area contributed by atoms with Crippen LogP contribution in [0, 0.1) is 0 Å². The van der Waals surface area contributed by atoms with Gasteiger partial charge in [0.1, 0.15) is 12.7 Å². The Morgan fingerprint density at radius 1 is 0.722 bits per heavy atom. The van der Waals surface area contributed by atoms with E-state index in [2.05, 4.69) is 31.1 Å². The molecule has 0 saturated carbocycles. The van der Waals surface area contributed by atoms with E-state index in [0.717, 1.165) is 11.1 Å². The fraction of sp³-hybridized carbons (Fsp3) is 0.200. The van der Waals surface area contributed by atoms with Crippen molar-refractivity contribution < 1.29 is 0 Å². The summed E-state index contributed by atoms with van der Waals surface area (Å²) >= 11 is 0. The van der Waals surface area contributed by atoms with Gasteiger partial charge in [0.15, 0.2) is 0 Å². The standard InChI is InChI=1S/C10H10N8/c1-2-10(6-18-8-12-14-16-18)4-3-9(1)5-17-7-11-13-15-17/h1-4,7-8H,5-6H2. The summed E-state index contributed by atoms with van der Waals surface area (Å²) in [4.78, 5) is 0. The molecule has 3 aromatic rings. The summed E-state index contributed by atoms with van der Waals surface area (Å²) < 4.78 is 3.35. The van der Waals surface area contributed by atoms with Gasteiger partial charge in [0.05, 0.1) is 13.1 Å². The summed E-state index contributed by atoms with van der Waals surface area (Å²) in [7, 11) is 0. The van der Waals surface area contributed by atoms with Gasteiger partial charge in [-0.1, -0.05) is 24.3 Å². The highest BCUT2D eigenvalue weighted by Crippen LogP contribution is 2.06. The van der Waals surface area contributed by atoms with Crippen molar-refractivity contribution in [3.8, 4) is 0 Å². The fourth-order valence-electron chi connectivity index (χ4n) is 1.63. The smallest absolute Gasteiger partial charge is 0.138 e. The Balaban J connectivity index is 1.69. The van der Waals surface area contributed by atoms with Crippen LogP contribution in [-0.2, 0) is 13.1 Å². The third-order valence-corrected chi connectivity index (χ3v) is 2.50. The van der Waals surface area contributed by atoms with Gasteiger partial charge in [-0.2, -0.15) is 0 Å². The molecule has 0 spiro atoms. The molecule has 0 radical (unpaired) electrons. The average Bonchev–Trinajstić information content (AvgIpc) is 3.05. The predicted octanol–water partition coefficient (Wildman–Crippen LogP) is -0.244. The number of nitrogens with zero attached hydrogens (tertiary/aromatic N) is 8. The van der Waals surface area contributed by atoms with Gasteiger partial charge in [0.25, 0.3) is 0 Å². The van der Waals surface area contributed by atoms with Gasteiger partial charge in [-0.3, -0.25) is 0 Å². The van der Waals surface area contributed by atoms with Crippen molar-refractivity contribution in [1.82, 2.24) is 40.4 Å². The molecule has 1 aromatic carbocycles. The highest BCUT2D eigenvalue weighted by atomic mass is 15.5. The number of hydrogen-bond donors (Lipinski definition) is 0. The van der Waals surface area contributed by atoms with Gasteiger partial charge in [0, 0.05) is 0 Å². The van der Waals surface area contributed by atoms with Crippen LogP contribution in [0.5, 0.6) is 0 Å². The minimum absolute atomic E-state index is 0.665. The van der Waals surface area contributed by atoms with Crippen LogP contribution in [0.1, 0.15) is 11.1 Å². The molecule has 18 heavy (non-hydrogen) atoms. The Labute approximate surface area is 102 Å². The molecule has 0 atom stereocenters. The molecule has 0 aliphatic carbocycles. The van der Waals surface area contributed by atoms with Crippen LogP contribution in [0.3, 0.4) is 0 Å². The van der Waals surface area contributed by atoms with Gasteiger partial charge < -0.3 is 0 Å². The molecule has 0 bridgehead atoms. The Hall–Kier alpha value is -2.64. The molecule has 90 valence electrons. The minimum Gasteiger partial charge on any atom is -0.228 e. The van der Waals surface area contributed by atoms with E-state index in [-0.39, 0.29) is 0 Å². The number of tetrazole rings is 2. The normalized spacial score (nSPS) is 10.7. The van der Waals surface area contributed by atoms with Gasteiger partial charge in [-0.25, -0.2) is 9.36 Å². The molecule has 2 aromatic heterocycles. The fourth-order valence-corrected chi connectivity index (χ4v) is 1.63. The maximum Gasteiger partial charge on any atom is 0.138 e. The maximum absolute atomic E-state index is 3.82. The van der Waals surface area contributed by atoms with E-state index in [0.29, 0.717) is 13.1 Å². The highest BCUT2D eigenvalue weighted by Gasteiger charge is 1.99.